The fourth-order valence-corrected chi connectivity index (χ4v) is 4.65. The largest absolute Gasteiger partial charge is 0.587 e. The van der Waals surface area contributed by atoms with E-state index < -0.39 is 12.1 Å². The summed E-state index contributed by atoms with van der Waals surface area (Å²) in [5, 5.41) is 4.70. The monoisotopic (exact) mass is 689 g/mol. The predicted molar refractivity (Wildman–Crippen MR) is 126 cm³/mol. The van der Waals surface area contributed by atoms with Crippen LogP contribution in [-0.2, 0) is 9.59 Å². The number of hydrogen-bond acceptors (Lipinski definition) is 3. The molecule has 0 radical (unpaired) electrons. The number of halogens is 1. The zero-order valence-corrected chi connectivity index (χ0v) is 24.0. The maximum absolute atomic E-state index is 15.0. The van der Waals surface area contributed by atoms with E-state index in [1.165, 1.54) is 0 Å². The molecule has 4 rings (SSSR count). The molecular formula is C26H32FN4O2U-. The van der Waals surface area contributed by atoms with Gasteiger partial charge in [0.15, 0.2) is 0 Å². The Kier molecular flexibility index (Phi) is 9.73. The minimum Gasteiger partial charge on any atom is -0.587 e. The molecule has 2 aliphatic rings. The van der Waals surface area contributed by atoms with Crippen molar-refractivity contribution in [1.29, 1.82) is 0 Å². The number of rotatable bonds is 8. The van der Waals surface area contributed by atoms with Gasteiger partial charge in [-0.1, -0.05) is 55.4 Å². The molecule has 1 N–H and O–H groups in total. The van der Waals surface area contributed by atoms with Crippen molar-refractivity contribution in [3.05, 3.63) is 76.5 Å². The Balaban J connectivity index is 0.00000324. The van der Waals surface area contributed by atoms with Crippen LogP contribution in [0.4, 0.5) is 4.39 Å². The van der Waals surface area contributed by atoms with E-state index in [1.807, 2.05) is 42.5 Å². The summed E-state index contributed by atoms with van der Waals surface area (Å²) in [5.41, 5.74) is 6.47. The van der Waals surface area contributed by atoms with E-state index >= 15 is 0 Å². The minimum absolute atomic E-state index is 0. The number of nitrogens with one attached hydrogen (secondary N) is 1. The van der Waals surface area contributed by atoms with Gasteiger partial charge < -0.3 is 20.7 Å². The molecule has 2 aromatic rings. The van der Waals surface area contributed by atoms with E-state index in [-0.39, 0.29) is 55.3 Å². The van der Waals surface area contributed by atoms with Crippen molar-refractivity contribution in [3.8, 4) is 0 Å². The summed E-state index contributed by atoms with van der Waals surface area (Å²) in [5.74, 6) is -0.290. The summed E-state index contributed by atoms with van der Waals surface area (Å²) in [6, 6.07) is 13.9. The quantitative estimate of drug-likeness (QED) is 0.425. The molecule has 180 valence electrons. The Morgan fingerprint density at radius 2 is 1.82 bits per heavy atom. The van der Waals surface area contributed by atoms with Crippen LogP contribution in [0.15, 0.2) is 48.5 Å². The van der Waals surface area contributed by atoms with Gasteiger partial charge in [0.25, 0.3) is 0 Å². The van der Waals surface area contributed by atoms with Crippen LogP contribution in [0.5, 0.6) is 0 Å². The van der Waals surface area contributed by atoms with E-state index in [0.29, 0.717) is 24.4 Å². The third-order valence-corrected chi connectivity index (χ3v) is 6.69. The van der Waals surface area contributed by atoms with Crippen LogP contribution in [0.1, 0.15) is 60.8 Å². The molecule has 0 bridgehead atoms. The molecule has 1 heterocycles. The Bertz CT molecular complexity index is 984. The van der Waals surface area contributed by atoms with E-state index in [2.05, 4.69) is 10.7 Å². The van der Waals surface area contributed by atoms with Crippen LogP contribution in [0.3, 0.4) is 0 Å². The second-order valence-electron chi connectivity index (χ2n) is 9.15. The number of nitrogens with zero attached hydrogens (tertiary/aromatic N) is 3. The smallest absolute Gasteiger partial charge is 0.243 e. The number of likely N-dealkylation sites (tertiary alicyclic amines) is 1. The zero-order chi connectivity index (χ0) is 23.4. The van der Waals surface area contributed by atoms with Gasteiger partial charge in [0.1, 0.15) is 11.9 Å². The molecule has 1 aliphatic carbocycles. The van der Waals surface area contributed by atoms with Crippen LogP contribution >= 0.6 is 0 Å². The van der Waals surface area contributed by atoms with Gasteiger partial charge in [-0.2, -0.15) is 0 Å². The minimum atomic E-state index is -0.542. The summed E-state index contributed by atoms with van der Waals surface area (Å²) in [6.07, 6.45) is 4.58. The average Bonchev–Trinajstić information content (AvgIpc) is 3.26. The molecule has 2 aromatic carbocycles. The van der Waals surface area contributed by atoms with Crippen LogP contribution in [-0.4, -0.2) is 54.9 Å². The Morgan fingerprint density at radius 3 is 2.44 bits per heavy atom. The van der Waals surface area contributed by atoms with Crippen molar-refractivity contribution in [2.24, 2.45) is 0 Å². The number of benzene rings is 2. The molecule has 1 aliphatic heterocycles. The van der Waals surface area contributed by atoms with Gasteiger partial charge in [-0.15, -0.1) is 0 Å². The molecule has 0 aromatic heterocycles. The summed E-state index contributed by atoms with van der Waals surface area (Å²) in [7, 11) is 3.53. The zero-order valence-electron chi connectivity index (χ0n) is 19.8. The first-order valence-electron chi connectivity index (χ1n) is 11.7. The number of carbonyl (C=O) groups excluding carboxylic acids is 2. The summed E-state index contributed by atoms with van der Waals surface area (Å²) in [6.45, 7) is 0.563. The second-order valence-corrected chi connectivity index (χ2v) is 9.15. The first kappa shape index (κ1) is 26.9. The van der Waals surface area contributed by atoms with Crippen molar-refractivity contribution in [2.45, 2.75) is 50.1 Å². The second kappa shape index (κ2) is 12.3. The first-order chi connectivity index (χ1) is 15.9. The van der Waals surface area contributed by atoms with Crippen molar-refractivity contribution in [3.63, 3.8) is 0 Å². The normalized spacial score (nSPS) is 18.8. The number of amides is 2. The van der Waals surface area contributed by atoms with Crippen molar-refractivity contribution in [1.82, 2.24) is 15.2 Å². The Hall–Kier alpha value is -1.72. The van der Waals surface area contributed by atoms with Gasteiger partial charge >= 0.3 is 0 Å². The van der Waals surface area contributed by atoms with Gasteiger partial charge in [0.2, 0.25) is 11.8 Å². The molecule has 1 saturated heterocycles. The average molecular weight is 690 g/mol. The molecule has 2 fully saturated rings. The van der Waals surface area contributed by atoms with Crippen molar-refractivity contribution < 1.29 is 45.1 Å². The van der Waals surface area contributed by atoms with Gasteiger partial charge in [-0.05, 0) is 68.5 Å². The van der Waals surface area contributed by atoms with Crippen LogP contribution in [0.25, 0.3) is 5.43 Å². The van der Waals surface area contributed by atoms with E-state index in [0.717, 1.165) is 36.8 Å². The summed E-state index contributed by atoms with van der Waals surface area (Å²) < 4.78 is 15.0. The molecule has 8 heteroatoms. The Labute approximate surface area is 225 Å². The molecule has 34 heavy (non-hydrogen) atoms. The van der Waals surface area contributed by atoms with Crippen LogP contribution in [0.2, 0.25) is 0 Å². The molecule has 2 amide bonds. The van der Waals surface area contributed by atoms with Gasteiger partial charge in [0.05, 0.1) is 6.04 Å². The molecule has 2 unspecified atom stereocenters. The third-order valence-electron chi connectivity index (χ3n) is 6.69. The summed E-state index contributed by atoms with van der Waals surface area (Å²) in [4.78, 5) is 27.6. The first-order valence-corrected chi connectivity index (χ1v) is 11.7. The number of carbonyl (C=O) groups is 2. The molecule has 1 saturated carbocycles. The van der Waals surface area contributed by atoms with Gasteiger partial charge in [-0.3, -0.25) is 9.59 Å². The molecule has 2 atom stereocenters. The standard InChI is InChI=1S/C26H32FN4O2.U/c1-30(2)28-17-24(32)31-15-7-12-23(31)26(33)29-25(19-8-4-3-5-9-19)20-13-14-21(22(27)16-20)18-10-6-11-18;/h3-5,8-9,13-14,16,18,23,25H,6-7,10-12,15,17H2,1-2H3,(H,29,33);/q-1;. The van der Waals surface area contributed by atoms with Crippen LogP contribution in [0, 0.1) is 36.9 Å². The maximum atomic E-state index is 15.0. The van der Waals surface area contributed by atoms with Gasteiger partial charge in [-0.25, -0.2) is 4.39 Å². The SMILES string of the molecule is CN(C)[N-]CC(=O)N1CCCC1C(=O)NC(c1ccccc1)c1ccc(C2CCC2)c(F)c1.[U]. The Morgan fingerprint density at radius 1 is 1.09 bits per heavy atom. The number of hydrogen-bond donors (Lipinski definition) is 1. The van der Waals surface area contributed by atoms with E-state index in [9.17, 15) is 14.0 Å². The van der Waals surface area contributed by atoms with Crippen molar-refractivity contribution >= 4 is 11.8 Å². The van der Waals surface area contributed by atoms with E-state index in [4.69, 9.17) is 0 Å². The maximum Gasteiger partial charge on any atom is 0.243 e. The topological polar surface area (TPSA) is 66.8 Å². The fraction of sp³-hybridized carbons (Fsp3) is 0.462. The van der Waals surface area contributed by atoms with Crippen LogP contribution < -0.4 is 5.32 Å². The fourth-order valence-electron chi connectivity index (χ4n) is 4.65. The predicted octanol–water partition coefficient (Wildman–Crippen LogP) is 4.14. The van der Waals surface area contributed by atoms with Gasteiger partial charge in [0, 0.05) is 37.7 Å². The van der Waals surface area contributed by atoms with E-state index in [1.54, 1.807) is 30.1 Å². The summed E-state index contributed by atoms with van der Waals surface area (Å²) >= 11 is 0. The van der Waals surface area contributed by atoms with Crippen molar-refractivity contribution in [2.75, 3.05) is 27.2 Å². The molecule has 6 nitrogen and oxygen atoms in total. The molecular weight excluding hydrogens is 657 g/mol. The third kappa shape index (κ3) is 6.28. The molecule has 0 spiro atoms.